The van der Waals surface area contributed by atoms with Crippen molar-refractivity contribution in [1.82, 2.24) is 15.1 Å². The van der Waals surface area contributed by atoms with Gasteiger partial charge in [0.25, 0.3) is 0 Å². The van der Waals surface area contributed by atoms with E-state index >= 15 is 0 Å². The SMILES string of the molecule is CCNC(c1cn(C)nc1C)c1cccc(Cl)c1Cl. The maximum Gasteiger partial charge on any atom is 0.0644 e. The summed E-state index contributed by atoms with van der Waals surface area (Å²) in [6.45, 7) is 4.90. The van der Waals surface area contributed by atoms with Crippen LogP contribution >= 0.6 is 23.2 Å². The molecule has 1 heterocycles. The molecule has 0 aliphatic rings. The Labute approximate surface area is 123 Å². The van der Waals surface area contributed by atoms with Crippen LogP contribution in [0, 0.1) is 6.92 Å². The monoisotopic (exact) mass is 297 g/mol. The molecule has 0 radical (unpaired) electrons. The van der Waals surface area contributed by atoms with Crippen molar-refractivity contribution in [2.24, 2.45) is 7.05 Å². The molecule has 0 amide bonds. The van der Waals surface area contributed by atoms with E-state index in [1.807, 2.05) is 37.0 Å². The molecule has 0 saturated heterocycles. The standard InChI is InChI=1S/C14H17Cl2N3/c1-4-17-14(11-8-19(3)18-9(11)2)10-6-5-7-12(15)13(10)16/h5-8,14,17H,4H2,1-3H3. The van der Waals surface area contributed by atoms with Crippen LogP contribution in [0.4, 0.5) is 0 Å². The smallest absolute Gasteiger partial charge is 0.0644 e. The van der Waals surface area contributed by atoms with Gasteiger partial charge in [0.2, 0.25) is 0 Å². The summed E-state index contributed by atoms with van der Waals surface area (Å²) >= 11 is 12.4. The van der Waals surface area contributed by atoms with Crippen molar-refractivity contribution in [2.45, 2.75) is 19.9 Å². The van der Waals surface area contributed by atoms with Gasteiger partial charge in [-0.05, 0) is 25.1 Å². The van der Waals surface area contributed by atoms with Gasteiger partial charge >= 0.3 is 0 Å². The molecule has 2 aromatic rings. The molecule has 0 bridgehead atoms. The summed E-state index contributed by atoms with van der Waals surface area (Å²) in [5, 5.41) is 9.00. The summed E-state index contributed by atoms with van der Waals surface area (Å²) in [5.74, 6) is 0. The van der Waals surface area contributed by atoms with Crippen molar-refractivity contribution in [1.29, 1.82) is 0 Å². The van der Waals surface area contributed by atoms with Crippen molar-refractivity contribution < 1.29 is 0 Å². The van der Waals surface area contributed by atoms with Crippen LogP contribution in [0.1, 0.15) is 29.8 Å². The Morgan fingerprint density at radius 1 is 1.32 bits per heavy atom. The summed E-state index contributed by atoms with van der Waals surface area (Å²) in [6, 6.07) is 5.71. The normalized spacial score (nSPS) is 12.7. The zero-order valence-corrected chi connectivity index (χ0v) is 12.8. The molecule has 2 rings (SSSR count). The number of aromatic nitrogens is 2. The molecule has 1 atom stereocenters. The van der Waals surface area contributed by atoms with E-state index in [1.165, 1.54) is 0 Å². The molecule has 102 valence electrons. The number of halogens is 2. The first-order chi connectivity index (χ1) is 9.04. The summed E-state index contributed by atoms with van der Waals surface area (Å²) in [6.07, 6.45) is 2.01. The van der Waals surface area contributed by atoms with Gasteiger partial charge in [-0.1, -0.05) is 42.3 Å². The fourth-order valence-electron chi connectivity index (χ4n) is 2.24. The van der Waals surface area contributed by atoms with Crippen molar-refractivity contribution in [2.75, 3.05) is 6.54 Å². The molecule has 0 aliphatic carbocycles. The molecule has 1 unspecified atom stereocenters. The third-order valence-electron chi connectivity index (χ3n) is 3.06. The highest BCUT2D eigenvalue weighted by atomic mass is 35.5. The van der Waals surface area contributed by atoms with Crippen LogP contribution in [0.15, 0.2) is 24.4 Å². The Morgan fingerprint density at radius 2 is 2.05 bits per heavy atom. The van der Waals surface area contributed by atoms with Gasteiger partial charge in [-0.3, -0.25) is 4.68 Å². The van der Waals surface area contributed by atoms with Crippen LogP contribution < -0.4 is 5.32 Å². The third-order valence-corrected chi connectivity index (χ3v) is 3.90. The number of benzene rings is 1. The molecule has 1 aromatic carbocycles. The molecule has 1 N–H and O–H groups in total. The van der Waals surface area contributed by atoms with Crippen molar-refractivity contribution in [3.05, 3.63) is 51.3 Å². The molecule has 0 saturated carbocycles. The minimum Gasteiger partial charge on any atom is -0.306 e. The van der Waals surface area contributed by atoms with E-state index in [0.717, 1.165) is 23.4 Å². The summed E-state index contributed by atoms with van der Waals surface area (Å²) in [5.41, 5.74) is 3.09. The van der Waals surface area contributed by atoms with Gasteiger partial charge in [-0.15, -0.1) is 0 Å². The van der Waals surface area contributed by atoms with E-state index in [2.05, 4.69) is 17.3 Å². The zero-order valence-electron chi connectivity index (χ0n) is 11.2. The van der Waals surface area contributed by atoms with Crippen LogP contribution in [-0.2, 0) is 7.05 Å². The van der Waals surface area contributed by atoms with Crippen LogP contribution in [0.25, 0.3) is 0 Å². The minimum atomic E-state index is 0.00454. The molecular weight excluding hydrogens is 281 g/mol. The molecule has 0 fully saturated rings. The average Bonchev–Trinajstić information content (AvgIpc) is 2.69. The van der Waals surface area contributed by atoms with Gasteiger partial charge < -0.3 is 5.32 Å². The van der Waals surface area contributed by atoms with E-state index in [1.54, 1.807) is 6.07 Å². The second-order valence-electron chi connectivity index (χ2n) is 4.48. The van der Waals surface area contributed by atoms with Crippen molar-refractivity contribution >= 4 is 23.2 Å². The Kier molecular flexibility index (Phi) is 4.50. The van der Waals surface area contributed by atoms with Gasteiger partial charge in [0.1, 0.15) is 0 Å². The van der Waals surface area contributed by atoms with E-state index in [0.29, 0.717) is 10.0 Å². The molecule has 0 aliphatic heterocycles. The highest BCUT2D eigenvalue weighted by molar-refractivity contribution is 6.42. The fraction of sp³-hybridized carbons (Fsp3) is 0.357. The maximum absolute atomic E-state index is 6.33. The highest BCUT2D eigenvalue weighted by Gasteiger charge is 2.21. The first-order valence-corrected chi connectivity index (χ1v) is 6.97. The number of nitrogens with one attached hydrogen (secondary N) is 1. The van der Waals surface area contributed by atoms with Gasteiger partial charge in [-0.25, -0.2) is 0 Å². The largest absolute Gasteiger partial charge is 0.306 e. The lowest BCUT2D eigenvalue weighted by Crippen LogP contribution is -2.22. The van der Waals surface area contributed by atoms with Crippen LogP contribution in [0.3, 0.4) is 0 Å². The third kappa shape index (κ3) is 2.94. The summed E-state index contributed by atoms with van der Waals surface area (Å²) < 4.78 is 1.81. The van der Waals surface area contributed by atoms with Gasteiger partial charge in [0.05, 0.1) is 21.8 Å². The van der Waals surface area contributed by atoms with E-state index in [4.69, 9.17) is 23.2 Å². The second-order valence-corrected chi connectivity index (χ2v) is 5.26. The number of nitrogens with zero attached hydrogens (tertiary/aromatic N) is 2. The topological polar surface area (TPSA) is 29.9 Å². The van der Waals surface area contributed by atoms with E-state index < -0.39 is 0 Å². The lowest BCUT2D eigenvalue weighted by atomic mass is 9.99. The second kappa shape index (κ2) is 5.95. The van der Waals surface area contributed by atoms with E-state index in [9.17, 15) is 0 Å². The average molecular weight is 298 g/mol. The molecule has 19 heavy (non-hydrogen) atoms. The van der Waals surface area contributed by atoms with Crippen LogP contribution in [-0.4, -0.2) is 16.3 Å². The molecule has 3 nitrogen and oxygen atoms in total. The highest BCUT2D eigenvalue weighted by Crippen LogP contribution is 2.33. The first-order valence-electron chi connectivity index (χ1n) is 6.22. The van der Waals surface area contributed by atoms with E-state index in [-0.39, 0.29) is 6.04 Å². The quantitative estimate of drug-likeness (QED) is 0.932. The molecule has 1 aromatic heterocycles. The Hall–Kier alpha value is -1.03. The predicted molar refractivity (Wildman–Crippen MR) is 79.9 cm³/mol. The lowest BCUT2D eigenvalue weighted by Gasteiger charge is -2.19. The fourth-order valence-corrected chi connectivity index (χ4v) is 2.65. The number of aryl methyl sites for hydroxylation is 2. The summed E-state index contributed by atoms with van der Waals surface area (Å²) in [4.78, 5) is 0. The van der Waals surface area contributed by atoms with Crippen LogP contribution in [0.2, 0.25) is 10.0 Å². The molecule has 0 spiro atoms. The Balaban J connectivity index is 2.51. The van der Waals surface area contributed by atoms with Crippen molar-refractivity contribution in [3.63, 3.8) is 0 Å². The van der Waals surface area contributed by atoms with Gasteiger partial charge in [0.15, 0.2) is 0 Å². The first kappa shape index (κ1) is 14.4. The predicted octanol–water partition coefficient (Wildman–Crippen LogP) is 3.73. The number of hydrogen-bond donors (Lipinski definition) is 1. The van der Waals surface area contributed by atoms with Crippen molar-refractivity contribution in [3.8, 4) is 0 Å². The van der Waals surface area contributed by atoms with Crippen LogP contribution in [0.5, 0.6) is 0 Å². The maximum atomic E-state index is 6.33. The minimum absolute atomic E-state index is 0.00454. The zero-order chi connectivity index (χ0) is 14.0. The van der Waals surface area contributed by atoms with Gasteiger partial charge in [-0.2, -0.15) is 5.10 Å². The molecular formula is C14H17Cl2N3. The lowest BCUT2D eigenvalue weighted by molar-refractivity contribution is 0.627. The summed E-state index contributed by atoms with van der Waals surface area (Å²) in [7, 11) is 1.92. The number of hydrogen-bond acceptors (Lipinski definition) is 2. The number of rotatable bonds is 4. The Bertz CT molecular complexity index is 578. The Morgan fingerprint density at radius 3 is 2.63 bits per heavy atom. The van der Waals surface area contributed by atoms with Gasteiger partial charge in [0, 0.05) is 18.8 Å². The molecule has 5 heteroatoms.